The summed E-state index contributed by atoms with van der Waals surface area (Å²) in [7, 11) is -3.43. The molecule has 5 nitrogen and oxygen atoms in total. The van der Waals surface area contributed by atoms with Crippen molar-refractivity contribution in [2.24, 2.45) is 0 Å². The number of anilines is 1. The van der Waals surface area contributed by atoms with E-state index in [0.717, 1.165) is 46.5 Å². The molecule has 0 atom stereocenters. The van der Waals surface area contributed by atoms with Gasteiger partial charge in [0, 0.05) is 23.7 Å². The Bertz CT molecular complexity index is 919. The first-order chi connectivity index (χ1) is 12.8. The number of carbonyl (C=O) groups is 1. The number of rotatable bonds is 5. The Labute approximate surface area is 165 Å². The molecule has 1 aliphatic rings. The molecule has 1 aromatic carbocycles. The van der Waals surface area contributed by atoms with Crippen LogP contribution in [0.2, 0.25) is 0 Å². The van der Waals surface area contributed by atoms with E-state index in [1.165, 1.54) is 11.3 Å². The van der Waals surface area contributed by atoms with Crippen molar-refractivity contribution >= 4 is 33.0 Å². The van der Waals surface area contributed by atoms with E-state index in [4.69, 9.17) is 0 Å². The van der Waals surface area contributed by atoms with E-state index >= 15 is 0 Å². The first-order valence-corrected chi connectivity index (χ1v) is 11.5. The summed E-state index contributed by atoms with van der Waals surface area (Å²) < 4.78 is 27.4. The zero-order valence-corrected chi connectivity index (χ0v) is 17.7. The fourth-order valence-electron chi connectivity index (χ4n) is 3.54. The predicted molar refractivity (Wildman–Crippen MR) is 110 cm³/mol. The van der Waals surface area contributed by atoms with Crippen LogP contribution in [-0.4, -0.2) is 31.7 Å². The van der Waals surface area contributed by atoms with Gasteiger partial charge in [0.1, 0.15) is 4.21 Å². The summed E-state index contributed by atoms with van der Waals surface area (Å²) in [5, 5.41) is 2.97. The summed E-state index contributed by atoms with van der Waals surface area (Å²) >= 11 is 1.19. The average molecular weight is 407 g/mol. The Morgan fingerprint density at radius 1 is 1.07 bits per heavy atom. The van der Waals surface area contributed by atoms with Gasteiger partial charge in [0.25, 0.3) is 10.0 Å². The number of sulfonamides is 1. The largest absolute Gasteiger partial charge is 0.325 e. The smallest absolute Gasteiger partial charge is 0.252 e. The molecule has 1 amide bonds. The van der Waals surface area contributed by atoms with Crippen LogP contribution in [0.1, 0.15) is 40.8 Å². The standard InChI is InChI=1S/C20H26N2O3S2/c1-14-11-15(2)20(16(3)12-14)21-18(23)13-17-7-8-19(26-17)27(24,25)22-9-5-4-6-10-22/h7-8,11-12H,4-6,9-10,13H2,1-3H3,(H,21,23). The fraction of sp³-hybridized carbons (Fsp3) is 0.450. The third-order valence-corrected chi connectivity index (χ3v) is 8.27. The predicted octanol–water partition coefficient (Wildman–Crippen LogP) is 4.03. The zero-order valence-electron chi connectivity index (χ0n) is 16.0. The maximum absolute atomic E-state index is 12.7. The number of amides is 1. The van der Waals surface area contributed by atoms with Crippen LogP contribution in [-0.2, 0) is 21.2 Å². The van der Waals surface area contributed by atoms with E-state index in [2.05, 4.69) is 5.32 Å². The molecular weight excluding hydrogens is 380 g/mol. The highest BCUT2D eigenvalue weighted by Gasteiger charge is 2.27. The molecule has 2 heterocycles. The Balaban J connectivity index is 1.70. The maximum atomic E-state index is 12.7. The van der Waals surface area contributed by atoms with Crippen LogP contribution in [0.3, 0.4) is 0 Å². The molecule has 0 bridgehead atoms. The van der Waals surface area contributed by atoms with Crippen molar-refractivity contribution in [2.75, 3.05) is 18.4 Å². The van der Waals surface area contributed by atoms with Crippen LogP contribution in [0.25, 0.3) is 0 Å². The lowest BCUT2D eigenvalue weighted by molar-refractivity contribution is -0.115. The molecule has 1 N–H and O–H groups in total. The van der Waals surface area contributed by atoms with Crippen molar-refractivity contribution in [3.8, 4) is 0 Å². The van der Waals surface area contributed by atoms with E-state index in [0.29, 0.717) is 17.3 Å². The molecule has 1 saturated heterocycles. The molecule has 1 aromatic heterocycles. The van der Waals surface area contributed by atoms with Gasteiger partial charge in [-0.3, -0.25) is 4.79 Å². The van der Waals surface area contributed by atoms with E-state index in [1.54, 1.807) is 16.4 Å². The number of thiophene rings is 1. The highest BCUT2D eigenvalue weighted by molar-refractivity contribution is 7.91. The van der Waals surface area contributed by atoms with Crippen LogP contribution in [0.5, 0.6) is 0 Å². The highest BCUT2D eigenvalue weighted by Crippen LogP contribution is 2.28. The lowest BCUT2D eigenvalue weighted by atomic mass is 10.0. The molecule has 1 fully saturated rings. The molecule has 3 rings (SSSR count). The van der Waals surface area contributed by atoms with Crippen molar-refractivity contribution in [1.29, 1.82) is 0 Å². The lowest BCUT2D eigenvalue weighted by Gasteiger charge is -2.25. The van der Waals surface area contributed by atoms with Crippen LogP contribution >= 0.6 is 11.3 Å². The first-order valence-electron chi connectivity index (χ1n) is 9.24. The summed E-state index contributed by atoms with van der Waals surface area (Å²) in [6.07, 6.45) is 3.08. The van der Waals surface area contributed by atoms with Gasteiger partial charge in [-0.1, -0.05) is 24.1 Å². The minimum atomic E-state index is -3.43. The third kappa shape index (κ3) is 4.59. The van der Waals surface area contributed by atoms with Gasteiger partial charge in [-0.2, -0.15) is 4.31 Å². The van der Waals surface area contributed by atoms with Gasteiger partial charge < -0.3 is 5.32 Å². The lowest BCUT2D eigenvalue weighted by Crippen LogP contribution is -2.35. The molecule has 0 aliphatic carbocycles. The minimum absolute atomic E-state index is 0.131. The summed E-state index contributed by atoms with van der Waals surface area (Å²) in [5.74, 6) is -0.131. The van der Waals surface area contributed by atoms with Gasteiger partial charge in [-0.05, 0) is 56.9 Å². The molecule has 7 heteroatoms. The number of carbonyl (C=O) groups excluding carboxylic acids is 1. The Morgan fingerprint density at radius 3 is 2.33 bits per heavy atom. The van der Waals surface area contributed by atoms with Gasteiger partial charge in [-0.25, -0.2) is 8.42 Å². The van der Waals surface area contributed by atoms with Crippen LogP contribution in [0, 0.1) is 20.8 Å². The quantitative estimate of drug-likeness (QED) is 0.815. The molecule has 27 heavy (non-hydrogen) atoms. The van der Waals surface area contributed by atoms with Crippen molar-refractivity contribution < 1.29 is 13.2 Å². The number of aryl methyl sites for hydroxylation is 3. The number of nitrogens with zero attached hydrogens (tertiary/aromatic N) is 1. The summed E-state index contributed by atoms with van der Waals surface area (Å²) in [5.41, 5.74) is 4.05. The van der Waals surface area contributed by atoms with Crippen LogP contribution < -0.4 is 5.32 Å². The summed E-state index contributed by atoms with van der Waals surface area (Å²) in [6, 6.07) is 7.45. The minimum Gasteiger partial charge on any atom is -0.325 e. The second kappa shape index (κ2) is 8.12. The second-order valence-corrected chi connectivity index (χ2v) is 10.5. The van der Waals surface area contributed by atoms with Gasteiger partial charge in [-0.15, -0.1) is 11.3 Å². The Hall–Kier alpha value is -1.70. The zero-order chi connectivity index (χ0) is 19.6. The molecular formula is C20H26N2O3S2. The van der Waals surface area contributed by atoms with E-state index in [9.17, 15) is 13.2 Å². The molecule has 0 radical (unpaired) electrons. The second-order valence-electron chi connectivity index (χ2n) is 7.18. The monoisotopic (exact) mass is 406 g/mol. The molecule has 0 spiro atoms. The molecule has 0 saturated carbocycles. The molecule has 0 unspecified atom stereocenters. The van der Waals surface area contributed by atoms with Crippen molar-refractivity contribution in [1.82, 2.24) is 4.31 Å². The Morgan fingerprint density at radius 2 is 1.70 bits per heavy atom. The van der Waals surface area contributed by atoms with E-state index in [-0.39, 0.29) is 12.3 Å². The summed E-state index contributed by atoms with van der Waals surface area (Å²) in [4.78, 5) is 13.2. The first kappa shape index (κ1) is 20.0. The molecule has 146 valence electrons. The van der Waals surface area contributed by atoms with Crippen molar-refractivity contribution in [2.45, 2.75) is 50.7 Å². The maximum Gasteiger partial charge on any atom is 0.252 e. The fourth-order valence-corrected chi connectivity index (χ4v) is 6.57. The normalized spacial score (nSPS) is 15.7. The van der Waals surface area contributed by atoms with Crippen LogP contribution in [0.4, 0.5) is 5.69 Å². The topological polar surface area (TPSA) is 66.5 Å². The van der Waals surface area contributed by atoms with Gasteiger partial charge in [0.15, 0.2) is 0 Å². The average Bonchev–Trinajstić information content (AvgIpc) is 3.08. The van der Waals surface area contributed by atoms with Gasteiger partial charge in [0.2, 0.25) is 5.91 Å². The van der Waals surface area contributed by atoms with Gasteiger partial charge >= 0.3 is 0 Å². The van der Waals surface area contributed by atoms with Crippen LogP contribution in [0.15, 0.2) is 28.5 Å². The highest BCUT2D eigenvalue weighted by atomic mass is 32.2. The summed E-state index contributed by atoms with van der Waals surface area (Å²) in [6.45, 7) is 7.15. The van der Waals surface area contributed by atoms with Crippen molar-refractivity contribution in [3.05, 3.63) is 45.8 Å². The van der Waals surface area contributed by atoms with Crippen molar-refractivity contribution in [3.63, 3.8) is 0 Å². The number of hydrogen-bond acceptors (Lipinski definition) is 4. The number of piperidine rings is 1. The number of benzene rings is 1. The van der Waals surface area contributed by atoms with E-state index < -0.39 is 10.0 Å². The SMILES string of the molecule is Cc1cc(C)c(NC(=O)Cc2ccc(S(=O)(=O)N3CCCCC3)s2)c(C)c1. The number of nitrogens with one attached hydrogen (secondary N) is 1. The molecule has 1 aliphatic heterocycles. The van der Waals surface area contributed by atoms with E-state index in [1.807, 2.05) is 32.9 Å². The third-order valence-electron chi connectivity index (χ3n) is 4.82. The number of hydrogen-bond donors (Lipinski definition) is 1. The molecule has 2 aromatic rings. The van der Waals surface area contributed by atoms with Gasteiger partial charge in [0.05, 0.1) is 6.42 Å². The Kier molecular flexibility index (Phi) is 6.03.